The van der Waals surface area contributed by atoms with Gasteiger partial charge in [-0.25, -0.2) is 9.78 Å². The predicted octanol–water partition coefficient (Wildman–Crippen LogP) is 2.69. The van der Waals surface area contributed by atoms with Crippen LogP contribution in [-0.4, -0.2) is 40.5 Å². The van der Waals surface area contributed by atoms with Crippen molar-refractivity contribution in [1.29, 1.82) is 0 Å². The molecular formula is C15H24N4O2S. The van der Waals surface area contributed by atoms with Crippen molar-refractivity contribution in [3.8, 4) is 0 Å². The number of hydrogen-bond donors (Lipinski definition) is 2. The van der Waals surface area contributed by atoms with Crippen molar-refractivity contribution in [1.82, 2.24) is 15.2 Å². The van der Waals surface area contributed by atoms with Gasteiger partial charge in [0, 0.05) is 17.0 Å². The van der Waals surface area contributed by atoms with Crippen LogP contribution in [0, 0.1) is 13.8 Å². The minimum Gasteiger partial charge on any atom is -0.333 e. The summed E-state index contributed by atoms with van der Waals surface area (Å²) in [4.78, 5) is 31.0. The van der Waals surface area contributed by atoms with Gasteiger partial charge < -0.3 is 15.5 Å². The van der Waals surface area contributed by atoms with Gasteiger partial charge in [-0.3, -0.25) is 4.79 Å². The van der Waals surface area contributed by atoms with Gasteiger partial charge >= 0.3 is 6.03 Å². The van der Waals surface area contributed by atoms with E-state index in [2.05, 4.69) is 22.2 Å². The summed E-state index contributed by atoms with van der Waals surface area (Å²) < 4.78 is 0. The fourth-order valence-electron chi connectivity index (χ4n) is 1.63. The summed E-state index contributed by atoms with van der Waals surface area (Å²) in [6, 6.07) is -0.297. The molecule has 1 heterocycles. The Balaban J connectivity index is 2.67. The van der Waals surface area contributed by atoms with Gasteiger partial charge in [-0.1, -0.05) is 6.08 Å². The molecule has 3 amide bonds. The minimum absolute atomic E-state index is 0.0500. The first-order chi connectivity index (χ1) is 10.1. The highest BCUT2D eigenvalue weighted by Crippen LogP contribution is 2.20. The highest BCUT2D eigenvalue weighted by molar-refractivity contribution is 7.15. The Bertz CT molecular complexity index is 541. The number of carbonyl (C=O) groups is 2. The molecule has 0 aromatic carbocycles. The zero-order valence-corrected chi connectivity index (χ0v) is 14.6. The number of hydrogen-bond acceptors (Lipinski definition) is 4. The van der Waals surface area contributed by atoms with Crippen molar-refractivity contribution in [3.63, 3.8) is 0 Å². The molecule has 22 heavy (non-hydrogen) atoms. The van der Waals surface area contributed by atoms with Crippen molar-refractivity contribution >= 4 is 28.4 Å². The van der Waals surface area contributed by atoms with Crippen LogP contribution in [-0.2, 0) is 4.79 Å². The third-order valence-corrected chi connectivity index (χ3v) is 3.72. The molecule has 2 N–H and O–H groups in total. The third kappa shape index (κ3) is 5.85. The van der Waals surface area contributed by atoms with Gasteiger partial charge in [0.25, 0.3) is 0 Å². The van der Waals surface area contributed by atoms with E-state index in [1.54, 1.807) is 6.08 Å². The lowest BCUT2D eigenvalue weighted by molar-refractivity contribution is -0.116. The molecule has 0 aliphatic heterocycles. The van der Waals surface area contributed by atoms with Gasteiger partial charge in [-0.05, 0) is 34.6 Å². The molecule has 0 saturated heterocycles. The molecule has 0 aliphatic carbocycles. The monoisotopic (exact) mass is 324 g/mol. The number of aromatic nitrogens is 1. The van der Waals surface area contributed by atoms with Crippen LogP contribution in [0.25, 0.3) is 0 Å². The summed E-state index contributed by atoms with van der Waals surface area (Å²) in [6.45, 7) is 13.4. The van der Waals surface area contributed by atoms with Gasteiger partial charge in [-0.15, -0.1) is 17.9 Å². The number of thiazole rings is 1. The maximum Gasteiger partial charge on any atom is 0.318 e. The molecule has 0 fully saturated rings. The van der Waals surface area contributed by atoms with E-state index in [1.807, 2.05) is 34.6 Å². The standard InChI is InChI=1S/C15H24N4O2S/c1-7-8-19(14(21)18-15(4,5)6)9-12(20)17-13-16-10(2)11(3)22-13/h7H,1,8-9H2,2-6H3,(H,18,21)(H,16,17,20). The average molecular weight is 324 g/mol. The van der Waals surface area contributed by atoms with Gasteiger partial charge in [0.15, 0.2) is 5.13 Å². The molecule has 0 radical (unpaired) electrons. The number of nitrogens with one attached hydrogen (secondary N) is 2. The van der Waals surface area contributed by atoms with Crippen LogP contribution < -0.4 is 10.6 Å². The quantitative estimate of drug-likeness (QED) is 0.818. The summed E-state index contributed by atoms with van der Waals surface area (Å²) in [5, 5.41) is 6.11. The lowest BCUT2D eigenvalue weighted by atomic mass is 10.1. The second-order valence-corrected chi connectivity index (χ2v) is 7.26. The lowest BCUT2D eigenvalue weighted by Gasteiger charge is -2.27. The molecule has 1 aromatic rings. The van der Waals surface area contributed by atoms with Crippen molar-refractivity contribution in [2.45, 2.75) is 40.2 Å². The molecule has 0 spiro atoms. The maximum atomic E-state index is 12.2. The Morgan fingerprint density at radius 1 is 1.36 bits per heavy atom. The number of urea groups is 1. The molecule has 122 valence electrons. The Morgan fingerprint density at radius 3 is 2.45 bits per heavy atom. The molecule has 0 aliphatic rings. The van der Waals surface area contributed by atoms with E-state index in [0.717, 1.165) is 10.6 Å². The fraction of sp³-hybridized carbons (Fsp3) is 0.533. The minimum atomic E-state index is -0.365. The number of rotatable bonds is 5. The summed E-state index contributed by atoms with van der Waals surface area (Å²) >= 11 is 1.42. The summed E-state index contributed by atoms with van der Waals surface area (Å²) in [5.74, 6) is -0.278. The first-order valence-corrected chi connectivity index (χ1v) is 7.86. The van der Waals surface area contributed by atoms with Gasteiger partial charge in [0.1, 0.15) is 6.54 Å². The summed E-state index contributed by atoms with van der Waals surface area (Å²) in [6.07, 6.45) is 1.59. The normalized spacial score (nSPS) is 11.0. The lowest BCUT2D eigenvalue weighted by Crippen LogP contribution is -2.50. The van der Waals surface area contributed by atoms with E-state index in [4.69, 9.17) is 0 Å². The van der Waals surface area contributed by atoms with Gasteiger partial charge in [-0.2, -0.15) is 0 Å². The molecular weight excluding hydrogens is 300 g/mol. The van der Waals surface area contributed by atoms with Crippen LogP contribution in [0.2, 0.25) is 0 Å². The van der Waals surface area contributed by atoms with Crippen LogP contribution in [0.15, 0.2) is 12.7 Å². The van der Waals surface area contributed by atoms with Crippen molar-refractivity contribution in [2.75, 3.05) is 18.4 Å². The van der Waals surface area contributed by atoms with E-state index in [0.29, 0.717) is 11.7 Å². The number of aryl methyl sites for hydroxylation is 2. The Hall–Kier alpha value is -1.89. The Morgan fingerprint density at radius 2 is 2.00 bits per heavy atom. The number of amides is 3. The van der Waals surface area contributed by atoms with Crippen LogP contribution in [0.1, 0.15) is 31.3 Å². The summed E-state index contributed by atoms with van der Waals surface area (Å²) in [5.41, 5.74) is 0.532. The van der Waals surface area contributed by atoms with E-state index in [-0.39, 0.29) is 24.0 Å². The first-order valence-electron chi connectivity index (χ1n) is 7.04. The van der Waals surface area contributed by atoms with Crippen LogP contribution in [0.4, 0.5) is 9.93 Å². The van der Waals surface area contributed by atoms with Gasteiger partial charge in [0.2, 0.25) is 5.91 Å². The van der Waals surface area contributed by atoms with E-state index >= 15 is 0 Å². The highest BCUT2D eigenvalue weighted by atomic mass is 32.1. The smallest absolute Gasteiger partial charge is 0.318 e. The largest absolute Gasteiger partial charge is 0.333 e. The van der Waals surface area contributed by atoms with Crippen LogP contribution in [0.5, 0.6) is 0 Å². The zero-order valence-electron chi connectivity index (χ0n) is 13.8. The molecule has 0 saturated carbocycles. The molecule has 0 atom stereocenters. The van der Waals surface area contributed by atoms with Crippen molar-refractivity contribution in [3.05, 3.63) is 23.2 Å². The zero-order chi connectivity index (χ0) is 16.9. The number of carbonyl (C=O) groups excluding carboxylic acids is 2. The predicted molar refractivity (Wildman–Crippen MR) is 90.3 cm³/mol. The Kier molecular flexibility index (Phi) is 6.11. The van der Waals surface area contributed by atoms with Gasteiger partial charge in [0.05, 0.1) is 5.69 Å². The fourth-order valence-corrected chi connectivity index (χ4v) is 2.46. The van der Waals surface area contributed by atoms with E-state index < -0.39 is 0 Å². The van der Waals surface area contributed by atoms with E-state index in [9.17, 15) is 9.59 Å². The number of anilines is 1. The second kappa shape index (κ2) is 7.40. The molecule has 6 nitrogen and oxygen atoms in total. The van der Waals surface area contributed by atoms with Crippen molar-refractivity contribution < 1.29 is 9.59 Å². The van der Waals surface area contributed by atoms with Crippen LogP contribution >= 0.6 is 11.3 Å². The SMILES string of the molecule is C=CCN(CC(=O)Nc1nc(C)c(C)s1)C(=O)NC(C)(C)C. The molecule has 0 unspecified atom stereocenters. The highest BCUT2D eigenvalue weighted by Gasteiger charge is 2.21. The Labute approximate surface area is 135 Å². The molecule has 0 bridgehead atoms. The molecule has 7 heteroatoms. The number of nitrogens with zero attached hydrogens (tertiary/aromatic N) is 2. The summed E-state index contributed by atoms with van der Waals surface area (Å²) in [7, 11) is 0. The maximum absolute atomic E-state index is 12.2. The third-order valence-electron chi connectivity index (χ3n) is 2.73. The average Bonchev–Trinajstić information content (AvgIpc) is 2.65. The molecule has 1 rings (SSSR count). The topological polar surface area (TPSA) is 74.3 Å². The second-order valence-electron chi connectivity index (χ2n) is 6.06. The first kappa shape index (κ1) is 18.2. The molecule has 1 aromatic heterocycles. The van der Waals surface area contributed by atoms with Crippen molar-refractivity contribution in [2.24, 2.45) is 0 Å². The van der Waals surface area contributed by atoms with E-state index in [1.165, 1.54) is 16.2 Å². The van der Waals surface area contributed by atoms with Crippen LogP contribution in [0.3, 0.4) is 0 Å².